The molecule has 0 radical (unpaired) electrons. The van der Waals surface area contributed by atoms with Crippen LogP contribution >= 0.6 is 0 Å². The van der Waals surface area contributed by atoms with Gasteiger partial charge < -0.3 is 9.32 Å². The molecule has 66 heavy (non-hydrogen) atoms. The largest absolute Gasteiger partial charge is 0.455 e. The Kier molecular flexibility index (Phi) is 8.33. The van der Waals surface area contributed by atoms with Gasteiger partial charge in [0.15, 0.2) is 0 Å². The molecule has 0 bridgehead atoms. The highest BCUT2D eigenvalue weighted by atomic mass is 16.3. The predicted molar refractivity (Wildman–Crippen MR) is 277 cm³/mol. The van der Waals surface area contributed by atoms with Crippen molar-refractivity contribution < 1.29 is 4.42 Å². The fourth-order valence-corrected chi connectivity index (χ4v) is 11.3. The van der Waals surface area contributed by atoms with Gasteiger partial charge in [-0.1, -0.05) is 185 Å². The normalized spacial score (nSPS) is 14.0. The van der Waals surface area contributed by atoms with Crippen LogP contribution in [-0.2, 0) is 10.8 Å². The van der Waals surface area contributed by atoms with E-state index in [4.69, 9.17) is 4.42 Å². The van der Waals surface area contributed by atoms with Crippen molar-refractivity contribution in [2.75, 3.05) is 4.90 Å². The Morgan fingerprint density at radius 1 is 0.318 bits per heavy atom. The second-order valence-corrected chi connectivity index (χ2v) is 19.3. The van der Waals surface area contributed by atoms with Crippen molar-refractivity contribution in [3.63, 3.8) is 0 Å². The summed E-state index contributed by atoms with van der Waals surface area (Å²) >= 11 is 0. The van der Waals surface area contributed by atoms with Crippen molar-refractivity contribution >= 4 is 49.8 Å². The van der Waals surface area contributed by atoms with Crippen molar-refractivity contribution in [2.45, 2.75) is 38.5 Å². The number of para-hydroxylation sites is 2. The maximum atomic E-state index is 6.39. The molecule has 0 fully saturated rings. The average molecular weight is 846 g/mol. The van der Waals surface area contributed by atoms with E-state index in [1.54, 1.807) is 0 Å². The summed E-state index contributed by atoms with van der Waals surface area (Å²) in [5, 5.41) is 4.82. The van der Waals surface area contributed by atoms with E-state index in [9.17, 15) is 0 Å². The van der Waals surface area contributed by atoms with Crippen LogP contribution in [0.2, 0.25) is 0 Å². The Hall–Kier alpha value is -7.94. The second kappa shape index (κ2) is 14.3. The van der Waals surface area contributed by atoms with E-state index < -0.39 is 0 Å². The van der Waals surface area contributed by atoms with Gasteiger partial charge in [-0.3, -0.25) is 0 Å². The minimum absolute atomic E-state index is 0.121. The molecule has 0 aliphatic heterocycles. The third-order valence-corrected chi connectivity index (χ3v) is 14.9. The summed E-state index contributed by atoms with van der Waals surface area (Å²) in [5.74, 6) is 0. The first-order valence-electron chi connectivity index (χ1n) is 23.2. The van der Waals surface area contributed by atoms with Crippen molar-refractivity contribution in [3.05, 3.63) is 235 Å². The Morgan fingerprint density at radius 2 is 0.803 bits per heavy atom. The molecule has 0 spiro atoms. The standard InChI is InChI=1S/C64H47NO/c1-63(2)57-18-9-7-14-51(57)53-34-31-48(38-59(53)63)65(47-29-26-42(27-30-47)41-20-23-43(24-21-41)50-16-11-17-56-55-15-8-10-19-61(55)66-62(50)56)49-32-35-54-52-33-28-46(37-58(52)64(3,4)60(54)39-49)45-25-22-40-12-5-6-13-44(40)36-45/h5-39H,1-4H3. The molecule has 0 amide bonds. The average Bonchev–Trinajstić information content (AvgIpc) is 3.93. The molecule has 0 atom stereocenters. The van der Waals surface area contributed by atoms with E-state index in [0.717, 1.165) is 50.1 Å². The number of hydrogen-bond acceptors (Lipinski definition) is 2. The van der Waals surface area contributed by atoms with Crippen LogP contribution < -0.4 is 4.90 Å². The van der Waals surface area contributed by atoms with Gasteiger partial charge >= 0.3 is 0 Å². The highest BCUT2D eigenvalue weighted by Crippen LogP contribution is 2.54. The molecule has 0 N–H and O–H groups in total. The van der Waals surface area contributed by atoms with Crippen molar-refractivity contribution in [3.8, 4) is 55.6 Å². The fraction of sp³-hybridized carbons (Fsp3) is 0.0938. The van der Waals surface area contributed by atoms with Crippen molar-refractivity contribution in [1.29, 1.82) is 0 Å². The zero-order chi connectivity index (χ0) is 44.3. The van der Waals surface area contributed by atoms with Crippen LogP contribution in [-0.4, -0.2) is 0 Å². The summed E-state index contributed by atoms with van der Waals surface area (Å²) in [5.41, 5.74) is 22.8. The van der Waals surface area contributed by atoms with Gasteiger partial charge in [-0.15, -0.1) is 0 Å². The first-order valence-corrected chi connectivity index (χ1v) is 23.2. The van der Waals surface area contributed by atoms with E-state index in [1.165, 1.54) is 77.5 Å². The van der Waals surface area contributed by atoms with Crippen LogP contribution in [0.25, 0.3) is 88.3 Å². The van der Waals surface area contributed by atoms with E-state index in [0.29, 0.717) is 0 Å². The maximum absolute atomic E-state index is 6.39. The molecule has 314 valence electrons. The number of nitrogens with zero attached hydrogens (tertiary/aromatic N) is 1. The molecule has 2 aliphatic rings. The molecule has 1 aromatic heterocycles. The topological polar surface area (TPSA) is 16.4 Å². The lowest BCUT2D eigenvalue weighted by Crippen LogP contribution is -2.18. The number of anilines is 3. The van der Waals surface area contributed by atoms with E-state index >= 15 is 0 Å². The number of fused-ring (bicyclic) bond motifs is 10. The molecule has 2 heteroatoms. The number of rotatable bonds is 6. The highest BCUT2D eigenvalue weighted by Gasteiger charge is 2.38. The first-order chi connectivity index (χ1) is 32.2. The maximum Gasteiger partial charge on any atom is 0.143 e. The zero-order valence-corrected chi connectivity index (χ0v) is 37.6. The van der Waals surface area contributed by atoms with Gasteiger partial charge in [-0.2, -0.15) is 0 Å². The van der Waals surface area contributed by atoms with Gasteiger partial charge in [0.2, 0.25) is 0 Å². The lowest BCUT2D eigenvalue weighted by molar-refractivity contribution is 0.660. The van der Waals surface area contributed by atoms with Crippen molar-refractivity contribution in [2.24, 2.45) is 0 Å². The molecule has 11 aromatic rings. The summed E-state index contributed by atoms with van der Waals surface area (Å²) in [6.45, 7) is 9.51. The van der Waals surface area contributed by atoms with Gasteiger partial charge in [0.05, 0.1) is 0 Å². The van der Waals surface area contributed by atoms with E-state index in [1.807, 2.05) is 12.1 Å². The molecule has 1 heterocycles. The predicted octanol–water partition coefficient (Wildman–Crippen LogP) is 17.8. The van der Waals surface area contributed by atoms with Gasteiger partial charge in [0.1, 0.15) is 11.2 Å². The van der Waals surface area contributed by atoms with Crippen molar-refractivity contribution in [1.82, 2.24) is 0 Å². The summed E-state index contributed by atoms with van der Waals surface area (Å²) in [6.07, 6.45) is 0. The second-order valence-electron chi connectivity index (χ2n) is 19.3. The number of benzene rings is 10. The number of hydrogen-bond donors (Lipinski definition) is 0. The van der Waals surface area contributed by atoms with Crippen LogP contribution in [0.15, 0.2) is 217 Å². The molecule has 10 aromatic carbocycles. The van der Waals surface area contributed by atoms with Gasteiger partial charge in [-0.05, 0) is 138 Å². The Bertz CT molecular complexity index is 3750. The van der Waals surface area contributed by atoms with E-state index in [2.05, 4.69) is 233 Å². The molecule has 0 saturated heterocycles. The summed E-state index contributed by atoms with van der Waals surface area (Å²) in [4.78, 5) is 2.46. The lowest BCUT2D eigenvalue weighted by Gasteiger charge is -2.30. The third kappa shape index (κ3) is 5.81. The number of furan rings is 1. The van der Waals surface area contributed by atoms with Gasteiger partial charge in [-0.25, -0.2) is 0 Å². The Labute approximate surface area is 386 Å². The zero-order valence-electron chi connectivity index (χ0n) is 37.6. The summed E-state index contributed by atoms with van der Waals surface area (Å²) < 4.78 is 6.39. The Balaban J connectivity index is 0.883. The van der Waals surface area contributed by atoms with Crippen LogP contribution in [0, 0.1) is 0 Å². The van der Waals surface area contributed by atoms with Crippen LogP contribution in [0.1, 0.15) is 49.9 Å². The Morgan fingerprint density at radius 3 is 1.55 bits per heavy atom. The summed E-state index contributed by atoms with van der Waals surface area (Å²) in [6, 6.07) is 78.4. The minimum Gasteiger partial charge on any atom is -0.455 e. The first kappa shape index (κ1) is 38.5. The van der Waals surface area contributed by atoms with Gasteiger partial charge in [0.25, 0.3) is 0 Å². The lowest BCUT2D eigenvalue weighted by atomic mass is 9.81. The molecule has 0 unspecified atom stereocenters. The molecule has 0 saturated carbocycles. The van der Waals surface area contributed by atoms with Crippen LogP contribution in [0.4, 0.5) is 17.1 Å². The van der Waals surface area contributed by atoms with Gasteiger partial charge in [0, 0.05) is 44.2 Å². The monoisotopic (exact) mass is 845 g/mol. The van der Waals surface area contributed by atoms with Crippen LogP contribution in [0.3, 0.4) is 0 Å². The quantitative estimate of drug-likeness (QED) is 0.166. The van der Waals surface area contributed by atoms with E-state index in [-0.39, 0.29) is 10.8 Å². The summed E-state index contributed by atoms with van der Waals surface area (Å²) in [7, 11) is 0. The molecule has 2 aliphatic carbocycles. The molecular formula is C64H47NO. The molecule has 13 rings (SSSR count). The SMILES string of the molecule is CC1(C)c2ccccc2-c2ccc(N(c3ccc(-c4ccc(-c5cccc6c5oc5ccccc56)cc4)cc3)c3ccc4c(c3)C(C)(C)c3cc(-c5ccc6ccccc6c5)ccc3-4)cc21. The molecular weight excluding hydrogens is 799 g/mol. The highest BCUT2D eigenvalue weighted by molar-refractivity contribution is 6.09. The fourth-order valence-electron chi connectivity index (χ4n) is 11.3. The third-order valence-electron chi connectivity index (χ3n) is 14.9. The van der Waals surface area contributed by atoms with Crippen LogP contribution in [0.5, 0.6) is 0 Å². The molecule has 2 nitrogen and oxygen atoms in total. The smallest absolute Gasteiger partial charge is 0.143 e. The minimum atomic E-state index is -0.202.